The van der Waals surface area contributed by atoms with E-state index in [0.29, 0.717) is 58.8 Å². The average Bonchev–Trinajstić information content (AvgIpc) is 3.61. The van der Waals surface area contributed by atoms with Crippen LogP contribution in [-0.2, 0) is 24.3 Å². The molecule has 5 aromatic rings. The van der Waals surface area contributed by atoms with E-state index in [1.807, 2.05) is 23.6 Å². The van der Waals surface area contributed by atoms with Crippen molar-refractivity contribution in [3.8, 4) is 17.1 Å². The van der Waals surface area contributed by atoms with Gasteiger partial charge in [0.2, 0.25) is 5.88 Å². The molecule has 1 fully saturated rings. The molecule has 3 aromatic carbocycles. The molecule has 42 heavy (non-hydrogen) atoms. The maximum absolute atomic E-state index is 15.4. The number of pyridine rings is 1. The molecule has 0 amide bonds. The van der Waals surface area contributed by atoms with E-state index in [-0.39, 0.29) is 30.0 Å². The van der Waals surface area contributed by atoms with Crippen molar-refractivity contribution in [3.05, 3.63) is 113 Å². The van der Waals surface area contributed by atoms with E-state index < -0.39 is 11.8 Å². The monoisotopic (exact) mass is 569 g/mol. The van der Waals surface area contributed by atoms with Crippen LogP contribution in [0.3, 0.4) is 0 Å². The first kappa shape index (κ1) is 27.5. The van der Waals surface area contributed by atoms with Crippen LogP contribution in [0.15, 0.2) is 72.8 Å². The first-order valence-electron chi connectivity index (χ1n) is 13.8. The number of imidazole rings is 1. The third-order valence-electron chi connectivity index (χ3n) is 7.46. The minimum Gasteiger partial charge on any atom is -0.478 e. The minimum atomic E-state index is -1.01. The second-order valence-corrected chi connectivity index (χ2v) is 10.5. The second kappa shape index (κ2) is 11.7. The van der Waals surface area contributed by atoms with Gasteiger partial charge in [-0.1, -0.05) is 24.3 Å². The number of aryl methyl sites for hydroxylation is 1. The third-order valence-corrected chi connectivity index (χ3v) is 7.46. The smallest absolute Gasteiger partial charge is 0.335 e. The molecule has 7 nitrogen and oxygen atoms in total. The molecule has 0 saturated carbocycles. The summed E-state index contributed by atoms with van der Waals surface area (Å²) in [7, 11) is 0. The van der Waals surface area contributed by atoms with Gasteiger partial charge in [-0.05, 0) is 73.4 Å². The fourth-order valence-electron chi connectivity index (χ4n) is 5.26. The van der Waals surface area contributed by atoms with Gasteiger partial charge in [0, 0.05) is 30.2 Å². The van der Waals surface area contributed by atoms with Gasteiger partial charge in [-0.2, -0.15) is 0 Å². The highest BCUT2D eigenvalue weighted by Gasteiger charge is 2.21. The lowest BCUT2D eigenvalue weighted by atomic mass is 10.1. The summed E-state index contributed by atoms with van der Waals surface area (Å²) in [5, 5.41) is 9.51. The number of carboxylic acid groups (broad SMARTS) is 1. The number of fused-ring (bicyclic) bond motifs is 1. The van der Waals surface area contributed by atoms with E-state index in [9.17, 15) is 14.3 Å². The summed E-state index contributed by atoms with van der Waals surface area (Å²) in [6, 6.07) is 19.8. The Labute approximate surface area is 241 Å². The summed E-state index contributed by atoms with van der Waals surface area (Å²) >= 11 is 0. The van der Waals surface area contributed by atoms with Gasteiger partial charge in [-0.3, -0.25) is 0 Å². The van der Waals surface area contributed by atoms with Crippen LogP contribution in [0.1, 0.15) is 45.7 Å². The van der Waals surface area contributed by atoms with Crippen LogP contribution >= 0.6 is 0 Å². The summed E-state index contributed by atoms with van der Waals surface area (Å²) in [4.78, 5) is 20.8. The van der Waals surface area contributed by atoms with Gasteiger partial charge >= 0.3 is 5.97 Å². The largest absolute Gasteiger partial charge is 0.478 e. The van der Waals surface area contributed by atoms with Crippen LogP contribution in [0.4, 0.5) is 8.78 Å². The highest BCUT2D eigenvalue weighted by molar-refractivity contribution is 5.92. The number of ether oxygens (including phenoxy) is 2. The van der Waals surface area contributed by atoms with Crippen LogP contribution in [0.2, 0.25) is 0 Å². The molecule has 1 unspecified atom stereocenters. The first-order valence-corrected chi connectivity index (χ1v) is 13.8. The predicted octanol–water partition coefficient (Wildman–Crippen LogP) is 6.73. The number of benzene rings is 3. The number of hydrogen-bond donors (Lipinski definition) is 1. The zero-order valence-corrected chi connectivity index (χ0v) is 23.0. The highest BCUT2D eigenvalue weighted by Crippen LogP contribution is 2.27. The molecule has 1 N–H and O–H groups in total. The number of carbonyl (C=O) groups is 1. The zero-order chi connectivity index (χ0) is 29.2. The molecule has 2 aromatic heterocycles. The van der Waals surface area contributed by atoms with Crippen molar-refractivity contribution in [2.75, 3.05) is 6.61 Å². The van der Waals surface area contributed by atoms with Gasteiger partial charge in [0.05, 0.1) is 34.9 Å². The molecular formula is C33H29F2N3O4. The molecule has 1 aliphatic heterocycles. The fraction of sp³-hybridized carbons (Fsp3) is 0.242. The van der Waals surface area contributed by atoms with Gasteiger partial charge in [-0.25, -0.2) is 23.5 Å². The molecule has 6 rings (SSSR count). The van der Waals surface area contributed by atoms with E-state index >= 15 is 4.39 Å². The summed E-state index contributed by atoms with van der Waals surface area (Å²) in [6.07, 6.45) is 2.25. The molecule has 0 bridgehead atoms. The van der Waals surface area contributed by atoms with Crippen LogP contribution in [0.25, 0.3) is 22.3 Å². The van der Waals surface area contributed by atoms with Crippen molar-refractivity contribution in [2.45, 2.75) is 45.4 Å². The number of aromatic carboxylic acids is 1. The topological polar surface area (TPSA) is 86.5 Å². The molecule has 0 spiro atoms. The minimum absolute atomic E-state index is 0.00480. The van der Waals surface area contributed by atoms with Crippen molar-refractivity contribution < 1.29 is 28.2 Å². The number of rotatable bonds is 9. The molecule has 3 heterocycles. The SMILES string of the molecule is Cc1ccc(COc2cccc(-c3ccc(Cc4nc5ccc(C(=O)O)cc5n4CC4CCCO4)cc3F)n2)c(F)c1. The molecular weight excluding hydrogens is 540 g/mol. The van der Waals surface area contributed by atoms with Crippen molar-refractivity contribution >= 4 is 17.0 Å². The van der Waals surface area contributed by atoms with Gasteiger partial charge in [0.15, 0.2) is 0 Å². The van der Waals surface area contributed by atoms with E-state index in [2.05, 4.69) is 4.98 Å². The summed E-state index contributed by atoms with van der Waals surface area (Å²) in [5.74, 6) is -0.839. The Hall–Kier alpha value is -4.63. The number of aromatic nitrogens is 3. The van der Waals surface area contributed by atoms with Crippen molar-refractivity contribution in [2.24, 2.45) is 0 Å². The Morgan fingerprint density at radius 3 is 2.69 bits per heavy atom. The van der Waals surface area contributed by atoms with E-state index in [1.54, 1.807) is 42.5 Å². The van der Waals surface area contributed by atoms with Crippen LogP contribution in [-0.4, -0.2) is 38.3 Å². The maximum Gasteiger partial charge on any atom is 0.335 e. The summed E-state index contributed by atoms with van der Waals surface area (Å²) in [5.41, 5.74) is 4.22. The molecule has 1 saturated heterocycles. The van der Waals surface area contributed by atoms with E-state index in [1.165, 1.54) is 18.2 Å². The van der Waals surface area contributed by atoms with Gasteiger partial charge in [-0.15, -0.1) is 0 Å². The lowest BCUT2D eigenvalue weighted by Crippen LogP contribution is -2.17. The summed E-state index contributed by atoms with van der Waals surface area (Å²) < 4.78 is 43.2. The Kier molecular flexibility index (Phi) is 7.67. The lowest BCUT2D eigenvalue weighted by molar-refractivity contribution is 0.0697. The van der Waals surface area contributed by atoms with Crippen molar-refractivity contribution in [1.82, 2.24) is 14.5 Å². The Morgan fingerprint density at radius 2 is 1.93 bits per heavy atom. The van der Waals surface area contributed by atoms with Crippen LogP contribution < -0.4 is 4.74 Å². The van der Waals surface area contributed by atoms with E-state index in [4.69, 9.17) is 14.5 Å². The summed E-state index contributed by atoms with van der Waals surface area (Å²) in [6.45, 7) is 3.06. The molecule has 9 heteroatoms. The molecule has 0 radical (unpaired) electrons. The standard InChI is InChI=1S/C33H29F2N3O4/c1-20-7-9-23(26(34)14-20)19-42-32-6-2-5-28(37-32)25-11-8-21(15-27(25)35)16-31-36-29-12-10-22(33(39)40)17-30(29)38(31)18-24-4-3-13-41-24/h2,5-12,14-15,17,24H,3-4,13,16,18-19H2,1H3,(H,39,40). The van der Waals surface area contributed by atoms with E-state index in [0.717, 1.165) is 18.4 Å². The number of halogens is 2. The van der Waals surface area contributed by atoms with Crippen LogP contribution in [0.5, 0.6) is 5.88 Å². The number of nitrogens with zero attached hydrogens (tertiary/aromatic N) is 3. The Morgan fingerprint density at radius 1 is 1.05 bits per heavy atom. The second-order valence-electron chi connectivity index (χ2n) is 10.5. The first-order chi connectivity index (χ1) is 20.3. The van der Waals surface area contributed by atoms with Crippen LogP contribution in [0, 0.1) is 18.6 Å². The molecule has 214 valence electrons. The molecule has 0 aliphatic carbocycles. The predicted molar refractivity (Wildman–Crippen MR) is 154 cm³/mol. The molecule has 1 aliphatic rings. The maximum atomic E-state index is 15.4. The van der Waals surface area contributed by atoms with Gasteiger partial charge in [0.25, 0.3) is 0 Å². The number of hydrogen-bond acceptors (Lipinski definition) is 5. The number of carboxylic acids is 1. The highest BCUT2D eigenvalue weighted by atomic mass is 19.1. The van der Waals surface area contributed by atoms with Crippen molar-refractivity contribution in [3.63, 3.8) is 0 Å². The average molecular weight is 570 g/mol. The Balaban J connectivity index is 1.24. The Bertz CT molecular complexity index is 1780. The third kappa shape index (κ3) is 5.87. The normalized spacial score (nSPS) is 14.9. The van der Waals surface area contributed by atoms with Gasteiger partial charge in [0.1, 0.15) is 24.1 Å². The molecule has 1 atom stereocenters. The zero-order valence-electron chi connectivity index (χ0n) is 23.0. The lowest BCUT2D eigenvalue weighted by Gasteiger charge is -2.15. The quantitative estimate of drug-likeness (QED) is 0.212. The van der Waals surface area contributed by atoms with Crippen molar-refractivity contribution in [1.29, 1.82) is 0 Å². The van der Waals surface area contributed by atoms with Gasteiger partial charge < -0.3 is 19.1 Å². The fourth-order valence-corrected chi connectivity index (χ4v) is 5.26.